The lowest BCUT2D eigenvalue weighted by Crippen LogP contribution is -2.28. The number of carboxylic acid groups (broad SMARTS) is 1. The van der Waals surface area contributed by atoms with Gasteiger partial charge in [-0.2, -0.15) is 0 Å². The van der Waals surface area contributed by atoms with Crippen LogP contribution in [0.1, 0.15) is 23.2 Å². The van der Waals surface area contributed by atoms with Crippen LogP contribution in [0.15, 0.2) is 23.1 Å². The zero-order valence-electron chi connectivity index (χ0n) is 11.4. The summed E-state index contributed by atoms with van der Waals surface area (Å²) in [5, 5.41) is 9.07. The van der Waals surface area contributed by atoms with Gasteiger partial charge in [0.25, 0.3) is 0 Å². The largest absolute Gasteiger partial charge is 0.478 e. The van der Waals surface area contributed by atoms with Gasteiger partial charge in [-0.15, -0.1) is 0 Å². The van der Waals surface area contributed by atoms with E-state index in [0.717, 1.165) is 12.5 Å². The number of nitrogens with two attached hydrogens (primary N) is 1. The van der Waals surface area contributed by atoms with E-state index < -0.39 is 16.0 Å². The summed E-state index contributed by atoms with van der Waals surface area (Å²) in [5.74, 6) is -0.966. The van der Waals surface area contributed by atoms with Crippen molar-refractivity contribution in [1.29, 1.82) is 0 Å². The highest BCUT2D eigenvalue weighted by atomic mass is 32.2. The zero-order valence-corrected chi connectivity index (χ0v) is 12.2. The standard InChI is InChI=1S/C13H18N2O5S/c14-10-1-2-11(13(16)17)12(7-10)21(18,19)15-5-3-9-4-6-20-8-9/h1-2,7,9,15H,3-6,8,14H2,(H,16,17). The lowest BCUT2D eigenvalue weighted by Gasteiger charge is -2.11. The van der Waals surface area contributed by atoms with Gasteiger partial charge < -0.3 is 15.6 Å². The van der Waals surface area contributed by atoms with Gasteiger partial charge >= 0.3 is 5.97 Å². The lowest BCUT2D eigenvalue weighted by molar-refractivity contribution is 0.0692. The predicted molar refractivity (Wildman–Crippen MR) is 76.5 cm³/mol. The van der Waals surface area contributed by atoms with Gasteiger partial charge in [-0.05, 0) is 37.0 Å². The molecule has 116 valence electrons. The lowest BCUT2D eigenvalue weighted by atomic mass is 10.1. The summed E-state index contributed by atoms with van der Waals surface area (Å²) >= 11 is 0. The summed E-state index contributed by atoms with van der Waals surface area (Å²) in [4.78, 5) is 10.8. The first kappa shape index (κ1) is 15.7. The SMILES string of the molecule is Nc1ccc(C(=O)O)c(S(=O)(=O)NCCC2CCOC2)c1. The van der Waals surface area contributed by atoms with Crippen molar-refractivity contribution in [2.24, 2.45) is 5.92 Å². The van der Waals surface area contributed by atoms with Gasteiger partial charge in [-0.25, -0.2) is 17.9 Å². The van der Waals surface area contributed by atoms with Crippen LogP contribution >= 0.6 is 0 Å². The number of aromatic carboxylic acids is 1. The molecule has 1 atom stereocenters. The van der Waals surface area contributed by atoms with E-state index in [4.69, 9.17) is 15.6 Å². The minimum Gasteiger partial charge on any atom is -0.478 e. The molecule has 1 aromatic rings. The number of benzene rings is 1. The summed E-state index contributed by atoms with van der Waals surface area (Å²) in [5.41, 5.74) is 5.46. The van der Waals surface area contributed by atoms with E-state index in [1.54, 1.807) is 0 Å². The van der Waals surface area contributed by atoms with Crippen LogP contribution in [-0.4, -0.2) is 39.3 Å². The van der Waals surface area contributed by atoms with Crippen LogP contribution in [0.5, 0.6) is 0 Å². The minimum atomic E-state index is -3.90. The van der Waals surface area contributed by atoms with Gasteiger partial charge in [0, 0.05) is 25.4 Å². The molecule has 1 heterocycles. The molecule has 1 aliphatic rings. The van der Waals surface area contributed by atoms with Crippen molar-refractivity contribution in [2.75, 3.05) is 25.5 Å². The molecule has 1 unspecified atom stereocenters. The van der Waals surface area contributed by atoms with Crippen molar-refractivity contribution in [3.63, 3.8) is 0 Å². The molecule has 21 heavy (non-hydrogen) atoms. The van der Waals surface area contributed by atoms with Crippen molar-refractivity contribution < 1.29 is 23.1 Å². The number of anilines is 1. The number of hydrogen-bond donors (Lipinski definition) is 3. The smallest absolute Gasteiger partial charge is 0.337 e. The Labute approximate surface area is 123 Å². The number of carbonyl (C=O) groups is 1. The van der Waals surface area contributed by atoms with Gasteiger partial charge in [-0.1, -0.05) is 0 Å². The van der Waals surface area contributed by atoms with Crippen molar-refractivity contribution in [2.45, 2.75) is 17.7 Å². The fourth-order valence-corrected chi connectivity index (χ4v) is 3.50. The topological polar surface area (TPSA) is 119 Å². The van der Waals surface area contributed by atoms with Crippen molar-refractivity contribution in [1.82, 2.24) is 4.72 Å². The van der Waals surface area contributed by atoms with Gasteiger partial charge in [0.15, 0.2) is 0 Å². The second-order valence-electron chi connectivity index (χ2n) is 4.98. The Hall–Kier alpha value is -1.64. The predicted octanol–water partition coefficient (Wildman–Crippen LogP) is 0.672. The van der Waals surface area contributed by atoms with Crippen LogP contribution in [0.2, 0.25) is 0 Å². The Morgan fingerprint density at radius 1 is 1.48 bits per heavy atom. The minimum absolute atomic E-state index is 0.199. The molecule has 1 aliphatic heterocycles. The maximum absolute atomic E-state index is 12.2. The van der Waals surface area contributed by atoms with Crippen LogP contribution in [0.25, 0.3) is 0 Å². The van der Waals surface area contributed by atoms with E-state index in [2.05, 4.69) is 4.72 Å². The molecule has 1 saturated heterocycles. The Morgan fingerprint density at radius 3 is 2.86 bits per heavy atom. The third-order valence-corrected chi connectivity index (χ3v) is 4.90. The number of sulfonamides is 1. The summed E-state index contributed by atoms with van der Waals surface area (Å²) in [7, 11) is -3.90. The third-order valence-electron chi connectivity index (χ3n) is 3.39. The van der Waals surface area contributed by atoms with E-state index in [9.17, 15) is 13.2 Å². The monoisotopic (exact) mass is 314 g/mol. The second-order valence-corrected chi connectivity index (χ2v) is 6.71. The van der Waals surface area contributed by atoms with E-state index in [1.165, 1.54) is 12.1 Å². The number of hydrogen-bond acceptors (Lipinski definition) is 5. The first-order valence-electron chi connectivity index (χ1n) is 6.60. The summed E-state index contributed by atoms with van der Waals surface area (Å²) in [6.07, 6.45) is 1.57. The molecule has 0 spiro atoms. The average Bonchev–Trinajstić information content (AvgIpc) is 2.91. The quantitative estimate of drug-likeness (QED) is 0.664. The molecule has 8 heteroatoms. The van der Waals surface area contributed by atoms with Gasteiger partial charge in [0.1, 0.15) is 0 Å². The first-order chi connectivity index (χ1) is 9.90. The highest BCUT2D eigenvalue weighted by molar-refractivity contribution is 7.89. The van der Waals surface area contributed by atoms with Gasteiger partial charge in [0.2, 0.25) is 10.0 Å². The molecule has 0 aliphatic carbocycles. The molecule has 7 nitrogen and oxygen atoms in total. The first-order valence-corrected chi connectivity index (χ1v) is 8.08. The summed E-state index contributed by atoms with van der Waals surface area (Å²) in [6.45, 7) is 1.58. The molecular weight excluding hydrogens is 296 g/mol. The third kappa shape index (κ3) is 3.93. The maximum atomic E-state index is 12.2. The second kappa shape index (κ2) is 6.42. The summed E-state index contributed by atoms with van der Waals surface area (Å²) < 4.78 is 32.1. The number of carboxylic acids is 1. The molecule has 0 amide bonds. The van der Waals surface area contributed by atoms with E-state index >= 15 is 0 Å². The van der Waals surface area contributed by atoms with Crippen molar-refractivity contribution in [3.8, 4) is 0 Å². The number of nitrogen functional groups attached to an aromatic ring is 1. The number of rotatable bonds is 6. The molecule has 1 fully saturated rings. The van der Waals surface area contributed by atoms with Crippen LogP contribution in [0.3, 0.4) is 0 Å². The van der Waals surface area contributed by atoms with Gasteiger partial charge in [-0.3, -0.25) is 0 Å². The fourth-order valence-electron chi connectivity index (χ4n) is 2.22. The fraction of sp³-hybridized carbons (Fsp3) is 0.462. The van der Waals surface area contributed by atoms with Crippen LogP contribution < -0.4 is 10.5 Å². The Bertz CT molecular complexity index is 623. The van der Waals surface area contributed by atoms with Crippen LogP contribution in [-0.2, 0) is 14.8 Å². The molecule has 0 radical (unpaired) electrons. The molecular formula is C13H18N2O5S. The Balaban J connectivity index is 2.11. The Morgan fingerprint density at radius 2 is 2.24 bits per heavy atom. The number of nitrogens with one attached hydrogen (secondary N) is 1. The van der Waals surface area contributed by atoms with Crippen LogP contribution in [0, 0.1) is 5.92 Å². The molecule has 2 rings (SSSR count). The Kier molecular flexibility index (Phi) is 4.81. The van der Waals surface area contributed by atoms with E-state index in [1.807, 2.05) is 0 Å². The maximum Gasteiger partial charge on any atom is 0.337 e. The highest BCUT2D eigenvalue weighted by Gasteiger charge is 2.23. The summed E-state index contributed by atoms with van der Waals surface area (Å²) in [6, 6.07) is 3.71. The molecule has 1 aromatic carbocycles. The van der Waals surface area contributed by atoms with Crippen molar-refractivity contribution >= 4 is 21.7 Å². The van der Waals surface area contributed by atoms with Crippen molar-refractivity contribution in [3.05, 3.63) is 23.8 Å². The average molecular weight is 314 g/mol. The molecule has 0 bridgehead atoms. The normalized spacial score (nSPS) is 18.8. The highest BCUT2D eigenvalue weighted by Crippen LogP contribution is 2.20. The van der Waals surface area contributed by atoms with E-state index in [0.29, 0.717) is 25.6 Å². The molecule has 4 N–H and O–H groups in total. The molecule has 0 aromatic heterocycles. The molecule has 0 saturated carbocycles. The van der Waals surface area contributed by atoms with E-state index in [-0.39, 0.29) is 22.7 Å². The van der Waals surface area contributed by atoms with Crippen LogP contribution in [0.4, 0.5) is 5.69 Å². The zero-order chi connectivity index (χ0) is 15.5. The number of ether oxygens (including phenoxy) is 1. The van der Waals surface area contributed by atoms with Gasteiger partial charge in [0.05, 0.1) is 10.5 Å².